The Kier molecular flexibility index (Phi) is 5.47. The average molecular weight is 289 g/mol. The normalized spacial score (nSPS) is 16.7. The molecule has 5 heteroatoms. The van der Waals surface area contributed by atoms with Gasteiger partial charge in [0, 0.05) is 31.7 Å². The molecule has 1 aromatic rings. The summed E-state index contributed by atoms with van der Waals surface area (Å²) < 4.78 is 0. The molecular weight excluding hydrogens is 266 g/mol. The van der Waals surface area contributed by atoms with Gasteiger partial charge in [-0.1, -0.05) is 19.1 Å². The molecule has 1 fully saturated rings. The van der Waals surface area contributed by atoms with Gasteiger partial charge in [0.1, 0.15) is 0 Å². The molecule has 1 aliphatic rings. The summed E-state index contributed by atoms with van der Waals surface area (Å²) in [6, 6.07) is 7.13. The third-order valence-corrected chi connectivity index (χ3v) is 3.86. The Morgan fingerprint density at radius 1 is 1.10 bits per heavy atom. The van der Waals surface area contributed by atoms with Gasteiger partial charge in [0.25, 0.3) is 0 Å². The molecular formula is C16H23N3O2. The van der Waals surface area contributed by atoms with E-state index in [4.69, 9.17) is 0 Å². The number of carbonyl (C=O) groups excluding carboxylic acids is 2. The highest BCUT2D eigenvalue weighted by molar-refractivity contribution is 6.04. The number of hydrogen-bond donors (Lipinski definition) is 1. The second-order valence-corrected chi connectivity index (χ2v) is 5.36. The molecule has 1 aromatic carbocycles. The Bertz CT molecular complexity index is 508. The smallest absolute Gasteiger partial charge is 0.238 e. The first-order valence-corrected chi connectivity index (χ1v) is 7.44. The summed E-state index contributed by atoms with van der Waals surface area (Å²) in [7, 11) is 0. The predicted molar refractivity (Wildman–Crippen MR) is 83.6 cm³/mol. The van der Waals surface area contributed by atoms with Gasteiger partial charge in [-0.2, -0.15) is 0 Å². The monoisotopic (exact) mass is 289 g/mol. The van der Waals surface area contributed by atoms with E-state index in [2.05, 4.69) is 22.0 Å². The molecule has 0 radical (unpaired) electrons. The summed E-state index contributed by atoms with van der Waals surface area (Å²) in [6.07, 6.45) is 0. The van der Waals surface area contributed by atoms with Gasteiger partial charge in [-0.05, 0) is 25.6 Å². The van der Waals surface area contributed by atoms with Gasteiger partial charge in [0.2, 0.25) is 5.91 Å². The fraction of sp³-hybridized carbons (Fsp3) is 0.500. The first-order valence-electron chi connectivity index (χ1n) is 7.44. The quantitative estimate of drug-likeness (QED) is 0.834. The molecule has 1 amide bonds. The van der Waals surface area contributed by atoms with Crippen LogP contribution in [0.15, 0.2) is 24.3 Å². The van der Waals surface area contributed by atoms with Crippen molar-refractivity contribution < 1.29 is 9.59 Å². The van der Waals surface area contributed by atoms with E-state index in [1.54, 1.807) is 18.2 Å². The molecule has 1 saturated heterocycles. The maximum Gasteiger partial charge on any atom is 0.238 e. The molecule has 0 saturated carbocycles. The Labute approximate surface area is 125 Å². The third kappa shape index (κ3) is 4.37. The van der Waals surface area contributed by atoms with Crippen molar-refractivity contribution in [3.63, 3.8) is 0 Å². The lowest BCUT2D eigenvalue weighted by Crippen LogP contribution is -2.48. The third-order valence-electron chi connectivity index (χ3n) is 3.86. The van der Waals surface area contributed by atoms with Crippen LogP contribution in [0.4, 0.5) is 5.69 Å². The van der Waals surface area contributed by atoms with Crippen LogP contribution in [0.2, 0.25) is 0 Å². The maximum absolute atomic E-state index is 12.1. The van der Waals surface area contributed by atoms with Gasteiger partial charge in [-0.25, -0.2) is 0 Å². The molecule has 1 aliphatic heterocycles. The van der Waals surface area contributed by atoms with Crippen LogP contribution in [0.25, 0.3) is 0 Å². The lowest BCUT2D eigenvalue weighted by molar-refractivity contribution is -0.117. The molecule has 5 nitrogen and oxygen atoms in total. The summed E-state index contributed by atoms with van der Waals surface area (Å²) in [6.45, 7) is 8.94. The number of ketones is 1. The molecule has 0 aliphatic carbocycles. The number of likely N-dealkylation sites (N-methyl/N-ethyl adjacent to an activating group) is 1. The van der Waals surface area contributed by atoms with Gasteiger partial charge >= 0.3 is 0 Å². The van der Waals surface area contributed by atoms with Gasteiger partial charge in [-0.15, -0.1) is 0 Å². The number of anilines is 1. The van der Waals surface area contributed by atoms with Crippen LogP contribution in [0, 0.1) is 0 Å². The number of amides is 1. The van der Waals surface area contributed by atoms with Crippen LogP contribution < -0.4 is 5.32 Å². The zero-order chi connectivity index (χ0) is 15.2. The van der Waals surface area contributed by atoms with E-state index in [-0.39, 0.29) is 11.7 Å². The SMILES string of the molecule is CCN1CCN(CC(=O)Nc2ccccc2C(C)=O)CC1. The van der Waals surface area contributed by atoms with Gasteiger partial charge in [0.05, 0.1) is 12.2 Å². The first kappa shape index (κ1) is 15.7. The minimum absolute atomic E-state index is 0.0394. The summed E-state index contributed by atoms with van der Waals surface area (Å²) in [4.78, 5) is 28.2. The fourth-order valence-electron chi connectivity index (χ4n) is 2.56. The number of hydrogen-bond acceptors (Lipinski definition) is 4. The molecule has 114 valence electrons. The van der Waals surface area contributed by atoms with Gasteiger partial charge in [0.15, 0.2) is 5.78 Å². The van der Waals surface area contributed by atoms with Crippen LogP contribution >= 0.6 is 0 Å². The van der Waals surface area contributed by atoms with E-state index < -0.39 is 0 Å². The maximum atomic E-state index is 12.1. The van der Waals surface area contributed by atoms with Crippen molar-refractivity contribution in [2.24, 2.45) is 0 Å². The Morgan fingerprint density at radius 2 is 1.71 bits per heavy atom. The second kappa shape index (κ2) is 7.33. The highest BCUT2D eigenvalue weighted by atomic mass is 16.2. The number of para-hydroxylation sites is 1. The number of nitrogens with zero attached hydrogens (tertiary/aromatic N) is 2. The second-order valence-electron chi connectivity index (χ2n) is 5.36. The lowest BCUT2D eigenvalue weighted by Gasteiger charge is -2.33. The Hall–Kier alpha value is -1.72. The molecule has 0 unspecified atom stereocenters. The van der Waals surface area contributed by atoms with Crippen molar-refractivity contribution in [2.45, 2.75) is 13.8 Å². The Morgan fingerprint density at radius 3 is 2.33 bits per heavy atom. The molecule has 0 aromatic heterocycles. The van der Waals surface area contributed by atoms with Crippen molar-refractivity contribution >= 4 is 17.4 Å². The highest BCUT2D eigenvalue weighted by Gasteiger charge is 2.18. The molecule has 0 spiro atoms. The topological polar surface area (TPSA) is 52.6 Å². The van der Waals surface area contributed by atoms with E-state index in [1.807, 2.05) is 6.07 Å². The molecule has 21 heavy (non-hydrogen) atoms. The Balaban J connectivity index is 1.89. The standard InChI is InChI=1S/C16H23N3O2/c1-3-18-8-10-19(11-9-18)12-16(21)17-15-7-5-4-6-14(15)13(2)20/h4-7H,3,8-12H2,1-2H3,(H,17,21). The molecule has 0 atom stereocenters. The van der Waals surface area contributed by atoms with E-state index in [0.717, 1.165) is 32.7 Å². The fourth-order valence-corrected chi connectivity index (χ4v) is 2.56. The van der Waals surface area contributed by atoms with E-state index in [0.29, 0.717) is 17.8 Å². The zero-order valence-electron chi connectivity index (χ0n) is 12.8. The van der Waals surface area contributed by atoms with E-state index in [9.17, 15) is 9.59 Å². The van der Waals surface area contributed by atoms with Gasteiger partial charge in [-0.3, -0.25) is 14.5 Å². The van der Waals surface area contributed by atoms with Crippen LogP contribution in [0.1, 0.15) is 24.2 Å². The molecule has 0 bridgehead atoms. The van der Waals surface area contributed by atoms with Gasteiger partial charge < -0.3 is 10.2 Å². The highest BCUT2D eigenvalue weighted by Crippen LogP contribution is 2.15. The first-order chi connectivity index (χ1) is 10.1. The number of benzene rings is 1. The van der Waals surface area contributed by atoms with Crippen molar-refractivity contribution in [3.05, 3.63) is 29.8 Å². The average Bonchev–Trinajstić information content (AvgIpc) is 2.48. The zero-order valence-corrected chi connectivity index (χ0v) is 12.8. The summed E-state index contributed by atoms with van der Waals surface area (Å²) in [5.41, 5.74) is 1.16. The van der Waals surface area contributed by atoms with Crippen LogP contribution in [0.5, 0.6) is 0 Å². The summed E-state index contributed by atoms with van der Waals surface area (Å²) >= 11 is 0. The van der Waals surface area contributed by atoms with Crippen LogP contribution in [0.3, 0.4) is 0 Å². The summed E-state index contributed by atoms with van der Waals surface area (Å²) in [5.74, 6) is -0.101. The summed E-state index contributed by atoms with van der Waals surface area (Å²) in [5, 5.41) is 2.85. The number of Topliss-reactive ketones (excluding diaryl/α,β-unsaturated/α-hetero) is 1. The molecule has 2 rings (SSSR count). The van der Waals surface area contributed by atoms with Crippen molar-refractivity contribution in [3.8, 4) is 0 Å². The number of nitrogens with one attached hydrogen (secondary N) is 1. The number of carbonyl (C=O) groups is 2. The van der Waals surface area contributed by atoms with Crippen molar-refractivity contribution in [1.82, 2.24) is 9.80 Å². The predicted octanol–water partition coefficient (Wildman–Crippen LogP) is 1.47. The van der Waals surface area contributed by atoms with Crippen LogP contribution in [-0.2, 0) is 4.79 Å². The van der Waals surface area contributed by atoms with Crippen molar-refractivity contribution in [1.29, 1.82) is 0 Å². The van der Waals surface area contributed by atoms with E-state index >= 15 is 0 Å². The number of rotatable bonds is 5. The minimum Gasteiger partial charge on any atom is -0.324 e. The number of piperazine rings is 1. The van der Waals surface area contributed by atoms with E-state index in [1.165, 1.54) is 6.92 Å². The molecule has 1 heterocycles. The van der Waals surface area contributed by atoms with Crippen molar-refractivity contribution in [2.75, 3.05) is 44.6 Å². The lowest BCUT2D eigenvalue weighted by atomic mass is 10.1. The molecule has 1 N–H and O–H groups in total. The minimum atomic E-state index is -0.0614. The largest absolute Gasteiger partial charge is 0.324 e. The van der Waals surface area contributed by atoms with Crippen LogP contribution in [-0.4, -0.2) is 60.8 Å².